The van der Waals surface area contributed by atoms with Crippen molar-refractivity contribution in [2.24, 2.45) is 0 Å². The predicted molar refractivity (Wildman–Crippen MR) is 66.5 cm³/mol. The topological polar surface area (TPSA) is 45.4 Å². The molecule has 1 aliphatic carbocycles. The van der Waals surface area contributed by atoms with Gasteiger partial charge in [-0.05, 0) is 25.0 Å². The van der Waals surface area contributed by atoms with Crippen molar-refractivity contribution in [1.29, 1.82) is 0 Å². The number of allylic oxidation sites excluding steroid dienone is 1. The van der Waals surface area contributed by atoms with Crippen LogP contribution < -0.4 is 0 Å². The average molecular weight is 227 g/mol. The zero-order valence-corrected chi connectivity index (χ0v) is 9.30. The van der Waals surface area contributed by atoms with Crippen LogP contribution in [0.5, 0.6) is 11.8 Å². The van der Waals surface area contributed by atoms with E-state index >= 15 is 0 Å². The number of para-hydroxylation sites is 1. The monoisotopic (exact) mass is 227 g/mol. The first kappa shape index (κ1) is 10.0. The SMILES string of the molecule is Oc1c2c(c(O)n1-c1ccccc1)CCC=C2. The largest absolute Gasteiger partial charge is 0.494 e. The molecule has 0 saturated heterocycles. The van der Waals surface area contributed by atoms with Gasteiger partial charge in [-0.3, -0.25) is 4.57 Å². The van der Waals surface area contributed by atoms with E-state index in [-0.39, 0.29) is 11.8 Å². The summed E-state index contributed by atoms with van der Waals surface area (Å²) in [4.78, 5) is 0. The first-order valence-electron chi connectivity index (χ1n) is 5.66. The summed E-state index contributed by atoms with van der Waals surface area (Å²) in [6, 6.07) is 9.37. The molecule has 1 aliphatic rings. The lowest BCUT2D eigenvalue weighted by atomic mass is 10.0. The van der Waals surface area contributed by atoms with Crippen LogP contribution in [-0.2, 0) is 6.42 Å². The molecule has 3 nitrogen and oxygen atoms in total. The predicted octanol–water partition coefficient (Wildman–Crippen LogP) is 2.85. The number of aromatic hydroxyl groups is 2. The number of aromatic nitrogens is 1. The summed E-state index contributed by atoms with van der Waals surface area (Å²) in [7, 11) is 0. The fourth-order valence-electron chi connectivity index (χ4n) is 2.28. The quantitative estimate of drug-likeness (QED) is 0.786. The Labute approximate surface area is 99.3 Å². The molecular weight excluding hydrogens is 214 g/mol. The molecule has 2 aromatic rings. The van der Waals surface area contributed by atoms with Gasteiger partial charge in [0.25, 0.3) is 0 Å². The number of hydrogen-bond donors (Lipinski definition) is 2. The van der Waals surface area contributed by atoms with Gasteiger partial charge in [-0.15, -0.1) is 0 Å². The van der Waals surface area contributed by atoms with Crippen LogP contribution in [0.25, 0.3) is 11.8 Å². The van der Waals surface area contributed by atoms with Crippen molar-refractivity contribution in [2.75, 3.05) is 0 Å². The second-order valence-corrected chi connectivity index (χ2v) is 4.15. The van der Waals surface area contributed by atoms with E-state index in [9.17, 15) is 10.2 Å². The first-order valence-corrected chi connectivity index (χ1v) is 5.66. The van der Waals surface area contributed by atoms with Gasteiger partial charge >= 0.3 is 0 Å². The van der Waals surface area contributed by atoms with Crippen LogP contribution in [0.3, 0.4) is 0 Å². The highest BCUT2D eigenvalue weighted by Crippen LogP contribution is 2.39. The number of fused-ring (bicyclic) bond motifs is 1. The number of hydrogen-bond acceptors (Lipinski definition) is 2. The molecule has 0 aliphatic heterocycles. The number of nitrogens with zero attached hydrogens (tertiary/aromatic N) is 1. The zero-order chi connectivity index (χ0) is 11.8. The zero-order valence-electron chi connectivity index (χ0n) is 9.30. The molecule has 0 atom stereocenters. The standard InChI is InChI=1S/C14H13NO2/c16-13-11-8-4-5-9-12(11)14(17)15(13)10-6-2-1-3-7-10/h1-4,6-8,16-17H,5,9H2. The third-order valence-electron chi connectivity index (χ3n) is 3.12. The van der Waals surface area contributed by atoms with Gasteiger partial charge in [0.15, 0.2) is 0 Å². The highest BCUT2D eigenvalue weighted by molar-refractivity contribution is 5.67. The van der Waals surface area contributed by atoms with Gasteiger partial charge in [-0.1, -0.05) is 30.4 Å². The molecule has 0 fully saturated rings. The van der Waals surface area contributed by atoms with Gasteiger partial charge < -0.3 is 10.2 Å². The molecule has 17 heavy (non-hydrogen) atoms. The van der Waals surface area contributed by atoms with Crippen LogP contribution >= 0.6 is 0 Å². The van der Waals surface area contributed by atoms with Crippen LogP contribution in [0.1, 0.15) is 17.5 Å². The minimum Gasteiger partial charge on any atom is -0.494 e. The highest BCUT2D eigenvalue weighted by Gasteiger charge is 2.22. The highest BCUT2D eigenvalue weighted by atomic mass is 16.3. The summed E-state index contributed by atoms with van der Waals surface area (Å²) in [5.74, 6) is 0.257. The van der Waals surface area contributed by atoms with E-state index < -0.39 is 0 Å². The molecule has 0 radical (unpaired) electrons. The Bertz CT molecular complexity index is 582. The van der Waals surface area contributed by atoms with Crippen molar-refractivity contribution in [3.8, 4) is 17.4 Å². The van der Waals surface area contributed by atoms with Crippen LogP contribution in [0.2, 0.25) is 0 Å². The van der Waals surface area contributed by atoms with Gasteiger partial charge in [0.1, 0.15) is 0 Å². The molecule has 1 aromatic heterocycles. The minimum absolute atomic E-state index is 0.111. The van der Waals surface area contributed by atoms with Crippen molar-refractivity contribution in [3.05, 3.63) is 47.5 Å². The molecule has 0 spiro atoms. The Kier molecular flexibility index (Phi) is 2.18. The Balaban J connectivity index is 2.25. The van der Waals surface area contributed by atoms with Crippen molar-refractivity contribution < 1.29 is 10.2 Å². The van der Waals surface area contributed by atoms with Crippen LogP contribution in [0.4, 0.5) is 0 Å². The summed E-state index contributed by atoms with van der Waals surface area (Å²) < 4.78 is 1.49. The summed E-state index contributed by atoms with van der Waals surface area (Å²) in [6.07, 6.45) is 5.55. The van der Waals surface area contributed by atoms with E-state index in [0.29, 0.717) is 0 Å². The average Bonchev–Trinajstić information content (AvgIpc) is 2.64. The van der Waals surface area contributed by atoms with Gasteiger partial charge in [0.05, 0.1) is 5.69 Å². The Hall–Kier alpha value is -2.16. The first-order chi connectivity index (χ1) is 8.29. The third-order valence-corrected chi connectivity index (χ3v) is 3.12. The Morgan fingerprint density at radius 1 is 1.00 bits per heavy atom. The van der Waals surface area contributed by atoms with Crippen LogP contribution in [-0.4, -0.2) is 14.8 Å². The fraction of sp³-hybridized carbons (Fsp3) is 0.143. The van der Waals surface area contributed by atoms with Crippen LogP contribution in [0.15, 0.2) is 36.4 Å². The van der Waals surface area contributed by atoms with Crippen molar-refractivity contribution in [1.82, 2.24) is 4.57 Å². The lowest BCUT2D eigenvalue weighted by molar-refractivity contribution is 0.400. The molecule has 0 amide bonds. The molecule has 3 rings (SSSR count). The Morgan fingerprint density at radius 2 is 1.76 bits per heavy atom. The summed E-state index contributed by atoms with van der Waals surface area (Å²) >= 11 is 0. The van der Waals surface area contributed by atoms with E-state index in [1.165, 1.54) is 4.57 Å². The second-order valence-electron chi connectivity index (χ2n) is 4.15. The van der Waals surface area contributed by atoms with Gasteiger partial charge in [0, 0.05) is 11.1 Å². The van der Waals surface area contributed by atoms with Crippen molar-refractivity contribution >= 4 is 6.08 Å². The minimum atomic E-state index is 0.111. The van der Waals surface area contributed by atoms with Gasteiger partial charge in [0.2, 0.25) is 11.8 Å². The number of rotatable bonds is 1. The molecule has 2 N–H and O–H groups in total. The van der Waals surface area contributed by atoms with E-state index in [2.05, 4.69) is 0 Å². The van der Waals surface area contributed by atoms with Crippen molar-refractivity contribution in [3.63, 3.8) is 0 Å². The van der Waals surface area contributed by atoms with Gasteiger partial charge in [-0.25, -0.2) is 0 Å². The molecule has 0 unspecified atom stereocenters. The Morgan fingerprint density at radius 3 is 2.47 bits per heavy atom. The maximum Gasteiger partial charge on any atom is 0.206 e. The van der Waals surface area contributed by atoms with E-state index in [1.807, 2.05) is 42.5 Å². The van der Waals surface area contributed by atoms with E-state index in [4.69, 9.17) is 0 Å². The summed E-state index contributed by atoms with van der Waals surface area (Å²) in [6.45, 7) is 0. The summed E-state index contributed by atoms with van der Waals surface area (Å²) in [5.41, 5.74) is 2.33. The maximum atomic E-state index is 10.2. The molecule has 0 saturated carbocycles. The molecule has 3 heteroatoms. The van der Waals surface area contributed by atoms with Crippen LogP contribution in [0, 0.1) is 0 Å². The normalized spacial score (nSPS) is 13.6. The lowest BCUT2D eigenvalue weighted by Gasteiger charge is -2.06. The molecule has 86 valence electrons. The van der Waals surface area contributed by atoms with Gasteiger partial charge in [-0.2, -0.15) is 0 Å². The van der Waals surface area contributed by atoms with E-state index in [1.54, 1.807) is 0 Å². The third kappa shape index (κ3) is 1.43. The molecular formula is C14H13NO2. The molecule has 0 bridgehead atoms. The molecule has 1 heterocycles. The smallest absolute Gasteiger partial charge is 0.206 e. The summed E-state index contributed by atoms with van der Waals surface area (Å²) in [5, 5.41) is 20.3. The maximum absolute atomic E-state index is 10.2. The lowest BCUT2D eigenvalue weighted by Crippen LogP contribution is -1.92. The van der Waals surface area contributed by atoms with E-state index in [0.717, 1.165) is 29.7 Å². The fourth-order valence-corrected chi connectivity index (χ4v) is 2.28. The second kappa shape index (κ2) is 3.70. The molecule has 1 aromatic carbocycles. The number of benzene rings is 1. The van der Waals surface area contributed by atoms with Crippen molar-refractivity contribution in [2.45, 2.75) is 12.8 Å².